The number of imidazole rings is 1. The fourth-order valence-electron chi connectivity index (χ4n) is 4.94. The minimum absolute atomic E-state index is 0.176. The topological polar surface area (TPSA) is 127 Å². The summed E-state index contributed by atoms with van der Waals surface area (Å²) >= 11 is 0. The molecule has 0 spiro atoms. The molecule has 0 bridgehead atoms. The predicted octanol–water partition coefficient (Wildman–Crippen LogP) is 4.08. The Hall–Kier alpha value is -4.80. The number of aromatic hydroxyl groups is 1. The van der Waals surface area contributed by atoms with Crippen LogP contribution >= 0.6 is 0 Å². The highest BCUT2D eigenvalue weighted by Crippen LogP contribution is 2.34. The number of nitrogens with one attached hydrogen (secondary N) is 2. The quantitative estimate of drug-likeness (QED) is 0.315. The number of H-pyrrole nitrogens is 2. The van der Waals surface area contributed by atoms with Crippen molar-refractivity contribution >= 4 is 22.6 Å². The molecule has 3 aromatic heterocycles. The number of carbonyl (C=O) groups excluding carboxylic acids is 1. The monoisotopic (exact) mass is 526 g/mol. The van der Waals surface area contributed by atoms with Crippen molar-refractivity contribution in [1.82, 2.24) is 35.0 Å². The van der Waals surface area contributed by atoms with Crippen molar-refractivity contribution in [2.75, 3.05) is 25.5 Å². The SMILES string of the molecule is CCc1cc(O)c(F)cc1-c1ccc2c(-c3nc4c([nH]3)CN(C(=O)c3cnc(N(C)C)cn3)CC4)n[nH]c2c1. The molecule has 2 aromatic carbocycles. The molecule has 0 radical (unpaired) electrons. The number of amides is 1. The summed E-state index contributed by atoms with van der Waals surface area (Å²) in [5.41, 5.74) is 5.92. The first-order chi connectivity index (χ1) is 18.8. The van der Waals surface area contributed by atoms with Gasteiger partial charge >= 0.3 is 0 Å². The van der Waals surface area contributed by atoms with Crippen molar-refractivity contribution in [3.05, 3.63) is 71.2 Å². The third-order valence-corrected chi connectivity index (χ3v) is 7.09. The van der Waals surface area contributed by atoms with Gasteiger partial charge in [-0.1, -0.05) is 13.0 Å². The molecular weight excluding hydrogens is 499 g/mol. The molecule has 0 aliphatic carbocycles. The van der Waals surface area contributed by atoms with Crippen LogP contribution in [0.2, 0.25) is 0 Å². The lowest BCUT2D eigenvalue weighted by atomic mass is 9.96. The second-order valence-corrected chi connectivity index (χ2v) is 9.79. The zero-order valence-electron chi connectivity index (χ0n) is 21.8. The van der Waals surface area contributed by atoms with Gasteiger partial charge in [0, 0.05) is 32.4 Å². The van der Waals surface area contributed by atoms with Gasteiger partial charge in [0.15, 0.2) is 17.4 Å². The number of aromatic amines is 2. The number of fused-ring (bicyclic) bond motifs is 2. The van der Waals surface area contributed by atoms with E-state index in [1.165, 1.54) is 18.3 Å². The number of rotatable bonds is 5. The fourth-order valence-corrected chi connectivity index (χ4v) is 4.94. The van der Waals surface area contributed by atoms with Gasteiger partial charge in [0.05, 0.1) is 35.8 Å². The Balaban J connectivity index is 1.26. The van der Waals surface area contributed by atoms with Gasteiger partial charge in [-0.3, -0.25) is 9.89 Å². The van der Waals surface area contributed by atoms with Crippen LogP contribution in [-0.4, -0.2) is 66.7 Å². The van der Waals surface area contributed by atoms with Crippen molar-refractivity contribution in [3.63, 3.8) is 0 Å². The summed E-state index contributed by atoms with van der Waals surface area (Å²) in [7, 11) is 3.74. The Labute approximate surface area is 223 Å². The van der Waals surface area contributed by atoms with Crippen LogP contribution in [0.4, 0.5) is 10.2 Å². The van der Waals surface area contributed by atoms with E-state index >= 15 is 0 Å². The van der Waals surface area contributed by atoms with Gasteiger partial charge in [0.1, 0.15) is 17.2 Å². The first-order valence-corrected chi connectivity index (χ1v) is 12.7. The van der Waals surface area contributed by atoms with Crippen LogP contribution in [0, 0.1) is 5.82 Å². The van der Waals surface area contributed by atoms with Crippen LogP contribution in [0.1, 0.15) is 34.4 Å². The summed E-state index contributed by atoms with van der Waals surface area (Å²) < 4.78 is 14.1. The number of aryl methyl sites for hydroxylation is 1. The Morgan fingerprint density at radius 1 is 1.18 bits per heavy atom. The normalized spacial score (nSPS) is 13.1. The van der Waals surface area contributed by atoms with E-state index in [0.29, 0.717) is 49.0 Å². The van der Waals surface area contributed by atoms with E-state index in [4.69, 9.17) is 4.98 Å². The van der Waals surface area contributed by atoms with Crippen LogP contribution < -0.4 is 4.90 Å². The van der Waals surface area contributed by atoms with Crippen molar-refractivity contribution in [2.45, 2.75) is 26.3 Å². The molecule has 5 aromatic rings. The van der Waals surface area contributed by atoms with Gasteiger partial charge in [-0.15, -0.1) is 0 Å². The first-order valence-electron chi connectivity index (χ1n) is 12.7. The summed E-state index contributed by atoms with van der Waals surface area (Å²) in [5, 5.41) is 18.2. The number of benzene rings is 2. The van der Waals surface area contributed by atoms with Crippen LogP contribution in [0.25, 0.3) is 33.5 Å². The molecule has 3 N–H and O–H groups in total. The molecule has 198 valence electrons. The maximum Gasteiger partial charge on any atom is 0.274 e. The third-order valence-electron chi connectivity index (χ3n) is 7.09. The highest BCUT2D eigenvalue weighted by Gasteiger charge is 2.27. The summed E-state index contributed by atoms with van der Waals surface area (Å²) in [4.78, 5) is 33.4. The highest BCUT2D eigenvalue weighted by atomic mass is 19.1. The van der Waals surface area contributed by atoms with E-state index in [9.17, 15) is 14.3 Å². The van der Waals surface area contributed by atoms with Crippen LogP contribution in [0.3, 0.4) is 0 Å². The summed E-state index contributed by atoms with van der Waals surface area (Å²) in [6.07, 6.45) is 4.36. The van der Waals surface area contributed by atoms with E-state index in [-0.39, 0.29) is 11.7 Å². The van der Waals surface area contributed by atoms with Crippen molar-refractivity contribution in [3.8, 4) is 28.4 Å². The summed E-state index contributed by atoms with van der Waals surface area (Å²) in [6.45, 7) is 2.88. The van der Waals surface area contributed by atoms with E-state index in [1.807, 2.05) is 44.1 Å². The van der Waals surface area contributed by atoms with Crippen LogP contribution in [-0.2, 0) is 19.4 Å². The lowest BCUT2D eigenvalue weighted by Gasteiger charge is -2.25. The van der Waals surface area contributed by atoms with E-state index < -0.39 is 5.82 Å². The molecule has 6 rings (SSSR count). The molecule has 11 heteroatoms. The molecule has 0 saturated carbocycles. The number of hydrogen-bond acceptors (Lipinski definition) is 7. The lowest BCUT2D eigenvalue weighted by Crippen LogP contribution is -2.36. The Morgan fingerprint density at radius 3 is 2.77 bits per heavy atom. The van der Waals surface area contributed by atoms with Crippen molar-refractivity contribution < 1.29 is 14.3 Å². The molecule has 0 fully saturated rings. The minimum atomic E-state index is -0.654. The standard InChI is InChI=1S/C28H27FN8O2/c1-4-15-10-24(38)19(29)11-18(15)16-5-6-17-21(9-16)34-35-26(17)27-32-20-7-8-37(14-23(20)33-27)28(39)22-12-31-25(13-30-22)36(2)3/h5-6,9-13,38H,4,7-8,14H2,1-3H3,(H,32,33)(H,34,35). The van der Waals surface area contributed by atoms with Gasteiger partial charge in [0.25, 0.3) is 5.91 Å². The molecule has 4 heterocycles. The largest absolute Gasteiger partial charge is 0.505 e. The molecule has 10 nitrogen and oxygen atoms in total. The van der Waals surface area contributed by atoms with Gasteiger partial charge in [-0.05, 0) is 47.4 Å². The molecule has 1 aliphatic rings. The molecular formula is C28H27FN8O2. The summed E-state index contributed by atoms with van der Waals surface area (Å²) in [6, 6.07) is 8.60. The first kappa shape index (κ1) is 24.5. The molecule has 1 aliphatic heterocycles. The number of halogens is 1. The number of anilines is 1. The maximum atomic E-state index is 14.1. The van der Waals surface area contributed by atoms with Crippen molar-refractivity contribution in [1.29, 1.82) is 0 Å². The van der Waals surface area contributed by atoms with E-state index in [1.54, 1.807) is 11.1 Å². The third kappa shape index (κ3) is 4.35. The second-order valence-electron chi connectivity index (χ2n) is 9.79. The molecule has 1 amide bonds. The zero-order chi connectivity index (χ0) is 27.3. The van der Waals surface area contributed by atoms with Gasteiger partial charge < -0.3 is 19.9 Å². The van der Waals surface area contributed by atoms with Gasteiger partial charge in [-0.2, -0.15) is 5.10 Å². The number of nitrogens with zero attached hydrogens (tertiary/aromatic N) is 6. The number of aromatic nitrogens is 6. The summed E-state index contributed by atoms with van der Waals surface area (Å²) in [5.74, 6) is 0.125. The number of phenols is 1. The average molecular weight is 527 g/mol. The number of carbonyl (C=O) groups is 1. The number of hydrogen-bond donors (Lipinski definition) is 3. The minimum Gasteiger partial charge on any atom is -0.505 e. The lowest BCUT2D eigenvalue weighted by molar-refractivity contribution is 0.0725. The number of phenolic OH excluding ortho intramolecular Hbond substituents is 1. The molecule has 0 saturated heterocycles. The zero-order valence-corrected chi connectivity index (χ0v) is 21.8. The predicted molar refractivity (Wildman–Crippen MR) is 145 cm³/mol. The Bertz CT molecular complexity index is 1710. The van der Waals surface area contributed by atoms with E-state index in [0.717, 1.165) is 39.0 Å². The van der Waals surface area contributed by atoms with Crippen LogP contribution in [0.15, 0.2) is 42.7 Å². The Kier molecular flexibility index (Phi) is 5.97. The van der Waals surface area contributed by atoms with Gasteiger partial charge in [0.2, 0.25) is 0 Å². The maximum absolute atomic E-state index is 14.1. The van der Waals surface area contributed by atoms with E-state index in [2.05, 4.69) is 25.1 Å². The second kappa shape index (κ2) is 9.50. The fraction of sp³-hybridized carbons (Fsp3) is 0.250. The molecule has 0 unspecified atom stereocenters. The van der Waals surface area contributed by atoms with Gasteiger partial charge in [-0.25, -0.2) is 19.3 Å². The average Bonchev–Trinajstić information content (AvgIpc) is 3.57. The molecule has 0 atom stereocenters. The Morgan fingerprint density at radius 2 is 2.03 bits per heavy atom. The highest BCUT2D eigenvalue weighted by molar-refractivity contribution is 5.94. The van der Waals surface area contributed by atoms with Crippen molar-refractivity contribution in [2.24, 2.45) is 0 Å². The van der Waals surface area contributed by atoms with Crippen LogP contribution in [0.5, 0.6) is 5.75 Å². The smallest absolute Gasteiger partial charge is 0.274 e. The molecule has 39 heavy (non-hydrogen) atoms.